The van der Waals surface area contributed by atoms with Gasteiger partial charge in [0.25, 0.3) is 0 Å². The van der Waals surface area contributed by atoms with Crippen LogP contribution in [0.15, 0.2) is 54.7 Å². The van der Waals surface area contributed by atoms with E-state index in [4.69, 9.17) is 20.3 Å². The molecular formula is C35H45N7O4. The van der Waals surface area contributed by atoms with E-state index in [9.17, 15) is 9.59 Å². The van der Waals surface area contributed by atoms with Crippen LogP contribution in [0.3, 0.4) is 0 Å². The van der Waals surface area contributed by atoms with Crippen LogP contribution in [0.1, 0.15) is 82.2 Å². The van der Waals surface area contributed by atoms with Crippen LogP contribution in [0.25, 0.3) is 0 Å². The minimum atomic E-state index is -0.389. The van der Waals surface area contributed by atoms with E-state index in [2.05, 4.69) is 41.6 Å². The number of hydrogen-bond donors (Lipinski definition) is 5. The van der Waals surface area contributed by atoms with E-state index in [1.807, 2.05) is 43.4 Å². The summed E-state index contributed by atoms with van der Waals surface area (Å²) in [7, 11) is 3.52. The van der Waals surface area contributed by atoms with E-state index in [1.54, 1.807) is 22.9 Å². The van der Waals surface area contributed by atoms with Crippen LogP contribution < -0.4 is 30.9 Å². The second kappa shape index (κ2) is 13.4. The molecule has 1 aliphatic heterocycles. The summed E-state index contributed by atoms with van der Waals surface area (Å²) < 4.78 is 13.7. The molecule has 46 heavy (non-hydrogen) atoms. The summed E-state index contributed by atoms with van der Waals surface area (Å²) in [5.41, 5.74) is 3.83. The number of likely N-dealkylation sites (tertiary alicyclic amines) is 1. The van der Waals surface area contributed by atoms with Crippen molar-refractivity contribution in [1.82, 2.24) is 14.8 Å². The standard InChI is InChI=1S/C35H45N7O4/c1-21(43)38-27-18-22(35(2,3)4)19-28(32(27)45-6)40-34(44)39-26-14-15-30(25-11-8-7-10-24(25)26)46-23-13-16-31(36)42(20-23)33(37)29-12-9-17-41(29)5/h7-8,10-11,13,16,18-20,26,29-30,36-37H,9,12,14-15,17H2,1-6H3,(H,38,43)(H2,39,40,44)/t26?,29-,30?/m0/s1. The number of amides is 3. The Morgan fingerprint density at radius 3 is 2.30 bits per heavy atom. The summed E-state index contributed by atoms with van der Waals surface area (Å²) in [6, 6.07) is 14.5. The fourth-order valence-electron chi connectivity index (χ4n) is 6.33. The second-order valence-corrected chi connectivity index (χ2v) is 13.1. The number of ether oxygens (including phenoxy) is 2. The van der Waals surface area contributed by atoms with Crippen molar-refractivity contribution in [3.05, 3.63) is 76.9 Å². The van der Waals surface area contributed by atoms with Crippen molar-refractivity contribution in [2.45, 2.75) is 77.0 Å². The molecule has 2 heterocycles. The molecule has 3 amide bonds. The smallest absolute Gasteiger partial charge is 0.319 e. The number of benzene rings is 2. The molecule has 1 fully saturated rings. The first-order chi connectivity index (χ1) is 21.8. The highest BCUT2D eigenvalue weighted by Gasteiger charge is 2.31. The number of hydrogen-bond acceptors (Lipinski definition) is 7. The second-order valence-electron chi connectivity index (χ2n) is 13.1. The topological polar surface area (TPSA) is 145 Å². The van der Waals surface area contributed by atoms with Crippen molar-refractivity contribution >= 4 is 29.1 Å². The third-order valence-electron chi connectivity index (χ3n) is 8.75. The van der Waals surface area contributed by atoms with Crippen LogP contribution >= 0.6 is 0 Å². The van der Waals surface area contributed by atoms with Crippen molar-refractivity contribution in [2.24, 2.45) is 0 Å². The fraction of sp³-hybridized carbons (Fsp3) is 0.429. The zero-order chi connectivity index (χ0) is 33.2. The van der Waals surface area contributed by atoms with Gasteiger partial charge in [-0.3, -0.25) is 25.1 Å². The Labute approximate surface area is 270 Å². The average Bonchev–Trinajstić information content (AvgIpc) is 3.43. The number of methoxy groups -OCH3 is 1. The van der Waals surface area contributed by atoms with Gasteiger partial charge in [-0.05, 0) is 85.6 Å². The van der Waals surface area contributed by atoms with Crippen LogP contribution in [0.4, 0.5) is 16.2 Å². The molecule has 1 aliphatic carbocycles. The lowest BCUT2D eigenvalue weighted by atomic mass is 9.85. The van der Waals surface area contributed by atoms with Crippen molar-refractivity contribution < 1.29 is 19.1 Å². The number of nitrogens with zero attached hydrogens (tertiary/aromatic N) is 2. The molecule has 2 unspecified atom stereocenters. The summed E-state index contributed by atoms with van der Waals surface area (Å²) in [4.78, 5) is 27.5. The van der Waals surface area contributed by atoms with Gasteiger partial charge in [0.05, 0.1) is 36.8 Å². The maximum atomic E-state index is 13.5. The third-order valence-corrected chi connectivity index (χ3v) is 8.75. The highest BCUT2D eigenvalue weighted by Crippen LogP contribution is 2.40. The lowest BCUT2D eigenvalue weighted by Gasteiger charge is -2.32. The zero-order valence-corrected chi connectivity index (χ0v) is 27.5. The molecule has 11 heteroatoms. The van der Waals surface area contributed by atoms with E-state index in [0.29, 0.717) is 41.6 Å². The molecule has 5 rings (SSSR count). The number of urea groups is 1. The van der Waals surface area contributed by atoms with E-state index >= 15 is 0 Å². The van der Waals surface area contributed by atoms with Crippen molar-refractivity contribution in [2.75, 3.05) is 31.3 Å². The van der Waals surface area contributed by atoms with E-state index < -0.39 is 0 Å². The Bertz CT molecular complexity index is 1690. The summed E-state index contributed by atoms with van der Waals surface area (Å²) in [5.74, 6) is 1.11. The predicted molar refractivity (Wildman–Crippen MR) is 179 cm³/mol. The van der Waals surface area contributed by atoms with Gasteiger partial charge in [0.1, 0.15) is 23.2 Å². The number of anilines is 2. The van der Waals surface area contributed by atoms with Gasteiger partial charge >= 0.3 is 6.03 Å². The number of rotatable bonds is 7. The molecule has 244 valence electrons. The van der Waals surface area contributed by atoms with Gasteiger partial charge in [0.2, 0.25) is 5.91 Å². The maximum absolute atomic E-state index is 13.5. The molecular weight excluding hydrogens is 582 g/mol. The molecule has 5 N–H and O–H groups in total. The monoisotopic (exact) mass is 627 g/mol. The van der Waals surface area contributed by atoms with Crippen LogP contribution in [0.2, 0.25) is 0 Å². The molecule has 2 aliphatic rings. The Hall–Kier alpha value is -4.64. The van der Waals surface area contributed by atoms with Gasteiger partial charge in [-0.2, -0.15) is 0 Å². The number of aromatic nitrogens is 1. The lowest BCUT2D eigenvalue weighted by Crippen LogP contribution is -2.40. The lowest BCUT2D eigenvalue weighted by molar-refractivity contribution is -0.114. The number of pyridine rings is 1. The highest BCUT2D eigenvalue weighted by atomic mass is 16.5. The van der Waals surface area contributed by atoms with Gasteiger partial charge in [0.15, 0.2) is 5.75 Å². The molecule has 3 aromatic rings. The third kappa shape index (κ3) is 7.09. The first-order valence-corrected chi connectivity index (χ1v) is 15.7. The van der Waals surface area contributed by atoms with E-state index in [0.717, 1.165) is 36.1 Å². The first kappa shape index (κ1) is 32.7. The highest BCUT2D eigenvalue weighted by molar-refractivity contribution is 5.97. The SMILES string of the molecule is COc1c(NC(C)=O)cc(C(C)(C)C)cc1NC(=O)NC1CCC(Oc2ccc(=N)n(C(=N)[C@@H]3CCCN3C)c2)c2ccccc21. The van der Waals surface area contributed by atoms with Crippen LogP contribution in [-0.2, 0) is 10.2 Å². The molecule has 2 aromatic carbocycles. The van der Waals surface area contributed by atoms with Crippen molar-refractivity contribution in [3.8, 4) is 11.5 Å². The molecule has 1 aromatic heterocycles. The number of fused-ring (bicyclic) bond motifs is 1. The van der Waals surface area contributed by atoms with Crippen LogP contribution in [-0.4, -0.2) is 54.0 Å². The quantitative estimate of drug-likeness (QED) is 0.163. The molecule has 0 spiro atoms. The summed E-state index contributed by atoms with van der Waals surface area (Å²) in [6.45, 7) is 8.56. The van der Waals surface area contributed by atoms with Crippen LogP contribution in [0.5, 0.6) is 11.5 Å². The van der Waals surface area contributed by atoms with Crippen LogP contribution in [0, 0.1) is 10.8 Å². The number of nitrogens with one attached hydrogen (secondary N) is 5. The molecule has 1 saturated heterocycles. The number of carbonyl (C=O) groups excluding carboxylic acids is 2. The Kier molecular flexibility index (Phi) is 9.52. The normalized spacial score (nSPS) is 19.6. The zero-order valence-electron chi connectivity index (χ0n) is 27.5. The molecule has 11 nitrogen and oxygen atoms in total. The summed E-state index contributed by atoms with van der Waals surface area (Å²) in [5, 5.41) is 26.1. The minimum Gasteiger partial charge on any atom is -0.492 e. The largest absolute Gasteiger partial charge is 0.492 e. The van der Waals surface area contributed by atoms with Gasteiger partial charge in [0, 0.05) is 6.92 Å². The fourth-order valence-corrected chi connectivity index (χ4v) is 6.33. The molecule has 3 atom stereocenters. The van der Waals surface area contributed by atoms with E-state index in [1.165, 1.54) is 14.0 Å². The molecule has 0 saturated carbocycles. The molecule has 0 bridgehead atoms. The van der Waals surface area contributed by atoms with Gasteiger partial charge in [-0.25, -0.2) is 4.79 Å². The predicted octanol–water partition coefficient (Wildman–Crippen LogP) is 5.93. The summed E-state index contributed by atoms with van der Waals surface area (Å²) in [6.07, 6.45) is 4.72. The molecule has 0 radical (unpaired) electrons. The van der Waals surface area contributed by atoms with Crippen molar-refractivity contribution in [3.63, 3.8) is 0 Å². The Balaban J connectivity index is 1.34. The number of carbonyl (C=O) groups is 2. The van der Waals surface area contributed by atoms with E-state index in [-0.39, 0.29) is 41.0 Å². The first-order valence-electron chi connectivity index (χ1n) is 15.7. The van der Waals surface area contributed by atoms with Gasteiger partial charge < -0.3 is 25.4 Å². The van der Waals surface area contributed by atoms with Gasteiger partial charge in [-0.15, -0.1) is 0 Å². The average molecular weight is 628 g/mol. The Morgan fingerprint density at radius 1 is 0.978 bits per heavy atom. The van der Waals surface area contributed by atoms with Gasteiger partial charge in [-0.1, -0.05) is 45.0 Å². The minimum absolute atomic E-state index is 0.0226. The maximum Gasteiger partial charge on any atom is 0.319 e. The number of likely N-dealkylation sites (N-methyl/N-ethyl adjacent to an activating group) is 1. The summed E-state index contributed by atoms with van der Waals surface area (Å²) >= 11 is 0. The Morgan fingerprint density at radius 2 is 1.67 bits per heavy atom. The van der Waals surface area contributed by atoms with Crippen molar-refractivity contribution in [1.29, 1.82) is 10.8 Å².